The fraction of sp³-hybridized carbons (Fsp3) is 0.235. The summed E-state index contributed by atoms with van der Waals surface area (Å²) in [6.07, 6.45) is 0. The van der Waals surface area contributed by atoms with Gasteiger partial charge < -0.3 is 9.47 Å². The Morgan fingerprint density at radius 3 is 2.46 bits per heavy atom. The van der Waals surface area contributed by atoms with E-state index in [1.807, 2.05) is 0 Å². The molecule has 0 bridgehead atoms. The zero-order chi connectivity index (χ0) is 18.7. The van der Waals surface area contributed by atoms with Gasteiger partial charge in [0.2, 0.25) is 10.0 Å². The number of ether oxygens (including phenoxy) is 2. The highest BCUT2D eigenvalue weighted by atomic mass is 35.5. The third-order valence-electron chi connectivity index (χ3n) is 3.78. The van der Waals surface area contributed by atoms with Crippen LogP contribution in [-0.2, 0) is 14.8 Å². The first-order valence-electron chi connectivity index (χ1n) is 7.73. The van der Waals surface area contributed by atoms with Crippen LogP contribution in [0.25, 0.3) is 0 Å². The number of halogens is 2. The Labute approximate surface area is 161 Å². The van der Waals surface area contributed by atoms with Crippen LogP contribution in [-0.4, -0.2) is 45.0 Å². The fourth-order valence-electron chi connectivity index (χ4n) is 2.43. The van der Waals surface area contributed by atoms with E-state index in [1.165, 1.54) is 46.8 Å². The first-order valence-corrected chi connectivity index (χ1v) is 9.93. The molecule has 0 amide bonds. The predicted molar refractivity (Wildman–Crippen MR) is 97.4 cm³/mol. The molecule has 3 rings (SSSR count). The monoisotopic (exact) mass is 415 g/mol. The average Bonchev–Trinajstić information content (AvgIpc) is 2.65. The van der Waals surface area contributed by atoms with Crippen LogP contribution >= 0.6 is 23.2 Å². The van der Waals surface area contributed by atoms with Gasteiger partial charge in [0.05, 0.1) is 33.7 Å². The summed E-state index contributed by atoms with van der Waals surface area (Å²) in [7, 11) is -3.70. The minimum Gasteiger partial charge on any atom is -0.423 e. The van der Waals surface area contributed by atoms with E-state index in [0.29, 0.717) is 18.2 Å². The first-order chi connectivity index (χ1) is 12.4. The molecule has 1 aliphatic rings. The first kappa shape index (κ1) is 19.1. The maximum Gasteiger partial charge on any atom is 0.343 e. The molecule has 0 aromatic heterocycles. The summed E-state index contributed by atoms with van der Waals surface area (Å²) < 4.78 is 37.1. The second-order valence-electron chi connectivity index (χ2n) is 5.51. The quantitative estimate of drug-likeness (QED) is 0.565. The Hall–Kier alpha value is -1.64. The Morgan fingerprint density at radius 1 is 1.04 bits per heavy atom. The lowest BCUT2D eigenvalue weighted by molar-refractivity contribution is 0.0727. The van der Waals surface area contributed by atoms with Gasteiger partial charge in [-0.15, -0.1) is 0 Å². The summed E-state index contributed by atoms with van der Waals surface area (Å²) in [5.74, 6) is -0.478. The van der Waals surface area contributed by atoms with Crippen LogP contribution in [0.2, 0.25) is 10.0 Å². The largest absolute Gasteiger partial charge is 0.423 e. The molecule has 6 nitrogen and oxygen atoms in total. The van der Waals surface area contributed by atoms with Gasteiger partial charge in [-0.1, -0.05) is 29.3 Å². The number of benzene rings is 2. The van der Waals surface area contributed by atoms with Crippen molar-refractivity contribution < 1.29 is 22.7 Å². The summed E-state index contributed by atoms with van der Waals surface area (Å²) in [6.45, 7) is 1.25. The molecule has 0 aliphatic carbocycles. The Morgan fingerprint density at radius 2 is 1.77 bits per heavy atom. The lowest BCUT2D eigenvalue weighted by Gasteiger charge is -2.26. The Kier molecular flexibility index (Phi) is 5.84. The molecule has 0 saturated carbocycles. The summed E-state index contributed by atoms with van der Waals surface area (Å²) in [6, 6.07) is 10.1. The van der Waals surface area contributed by atoms with Gasteiger partial charge in [-0.25, -0.2) is 13.2 Å². The van der Waals surface area contributed by atoms with Crippen molar-refractivity contribution >= 4 is 39.2 Å². The zero-order valence-corrected chi connectivity index (χ0v) is 15.9. The maximum atomic E-state index is 12.7. The molecular weight excluding hydrogens is 401 g/mol. The SMILES string of the molecule is O=C(Oc1ccc(Cl)c(Cl)c1)c1cccc(S(=O)(=O)N2CCOCC2)c1. The summed E-state index contributed by atoms with van der Waals surface area (Å²) in [4.78, 5) is 12.4. The van der Waals surface area contributed by atoms with Gasteiger partial charge in [0.1, 0.15) is 5.75 Å². The number of carbonyl (C=O) groups excluding carboxylic acids is 1. The predicted octanol–water partition coefficient (Wildman–Crippen LogP) is 3.23. The van der Waals surface area contributed by atoms with E-state index in [2.05, 4.69) is 0 Å². The van der Waals surface area contributed by atoms with Crippen molar-refractivity contribution in [2.45, 2.75) is 4.90 Å². The minimum absolute atomic E-state index is 0.0305. The van der Waals surface area contributed by atoms with Crippen LogP contribution < -0.4 is 4.74 Å². The highest BCUT2D eigenvalue weighted by Gasteiger charge is 2.27. The lowest BCUT2D eigenvalue weighted by Crippen LogP contribution is -2.40. The van der Waals surface area contributed by atoms with Gasteiger partial charge in [-0.05, 0) is 30.3 Å². The number of sulfonamides is 1. The van der Waals surface area contributed by atoms with Crippen molar-refractivity contribution in [1.29, 1.82) is 0 Å². The fourth-order valence-corrected chi connectivity index (χ4v) is 4.17. The molecule has 2 aromatic rings. The number of hydrogen-bond acceptors (Lipinski definition) is 5. The zero-order valence-electron chi connectivity index (χ0n) is 13.5. The highest BCUT2D eigenvalue weighted by Crippen LogP contribution is 2.27. The van der Waals surface area contributed by atoms with Gasteiger partial charge >= 0.3 is 5.97 Å². The van der Waals surface area contributed by atoms with E-state index in [1.54, 1.807) is 0 Å². The molecule has 1 saturated heterocycles. The number of rotatable bonds is 4. The third kappa shape index (κ3) is 4.19. The van der Waals surface area contributed by atoms with E-state index in [-0.39, 0.29) is 34.3 Å². The Balaban J connectivity index is 1.82. The average molecular weight is 416 g/mol. The number of nitrogens with zero attached hydrogens (tertiary/aromatic N) is 1. The molecule has 1 heterocycles. The van der Waals surface area contributed by atoms with E-state index >= 15 is 0 Å². The third-order valence-corrected chi connectivity index (χ3v) is 6.41. The summed E-state index contributed by atoms with van der Waals surface area (Å²) in [5.41, 5.74) is 0.116. The van der Waals surface area contributed by atoms with Gasteiger partial charge in [0, 0.05) is 19.2 Å². The van der Waals surface area contributed by atoms with E-state index in [0.717, 1.165) is 0 Å². The molecule has 0 unspecified atom stereocenters. The molecule has 0 atom stereocenters. The van der Waals surface area contributed by atoms with Crippen molar-refractivity contribution in [3.63, 3.8) is 0 Å². The van der Waals surface area contributed by atoms with Gasteiger partial charge in [-0.3, -0.25) is 0 Å². The van der Waals surface area contributed by atoms with Gasteiger partial charge in [0.25, 0.3) is 0 Å². The van der Waals surface area contributed by atoms with Crippen molar-refractivity contribution in [1.82, 2.24) is 4.31 Å². The molecule has 1 fully saturated rings. The topological polar surface area (TPSA) is 72.9 Å². The number of morpholine rings is 1. The van der Waals surface area contributed by atoms with Crippen LogP contribution in [0.1, 0.15) is 10.4 Å². The summed E-state index contributed by atoms with van der Waals surface area (Å²) in [5, 5.41) is 0.589. The molecule has 0 spiro atoms. The smallest absolute Gasteiger partial charge is 0.343 e. The van der Waals surface area contributed by atoms with Crippen LogP contribution in [0, 0.1) is 0 Å². The van der Waals surface area contributed by atoms with Gasteiger partial charge in [-0.2, -0.15) is 4.31 Å². The van der Waals surface area contributed by atoms with Crippen LogP contribution in [0.3, 0.4) is 0 Å². The van der Waals surface area contributed by atoms with E-state index in [4.69, 9.17) is 32.7 Å². The second kappa shape index (κ2) is 7.94. The molecular formula is C17H15Cl2NO5S. The number of carbonyl (C=O) groups is 1. The van der Waals surface area contributed by atoms with Gasteiger partial charge in [0.15, 0.2) is 0 Å². The Bertz CT molecular complexity index is 927. The van der Waals surface area contributed by atoms with Crippen molar-refractivity contribution in [3.8, 4) is 5.75 Å². The molecule has 2 aromatic carbocycles. The second-order valence-corrected chi connectivity index (χ2v) is 8.26. The minimum atomic E-state index is -3.70. The van der Waals surface area contributed by atoms with E-state index in [9.17, 15) is 13.2 Å². The van der Waals surface area contributed by atoms with Crippen molar-refractivity contribution in [2.75, 3.05) is 26.3 Å². The van der Waals surface area contributed by atoms with Crippen LogP contribution in [0.4, 0.5) is 0 Å². The maximum absolute atomic E-state index is 12.7. The summed E-state index contributed by atoms with van der Waals surface area (Å²) >= 11 is 11.7. The highest BCUT2D eigenvalue weighted by molar-refractivity contribution is 7.89. The van der Waals surface area contributed by atoms with E-state index < -0.39 is 16.0 Å². The lowest BCUT2D eigenvalue weighted by atomic mass is 10.2. The molecule has 26 heavy (non-hydrogen) atoms. The standard InChI is InChI=1S/C17H15Cl2NO5S/c18-15-5-4-13(11-16(15)19)25-17(21)12-2-1-3-14(10-12)26(22,23)20-6-8-24-9-7-20/h1-5,10-11H,6-9H2. The molecule has 138 valence electrons. The van der Waals surface area contributed by atoms with Crippen LogP contribution in [0.5, 0.6) is 5.75 Å². The molecule has 9 heteroatoms. The molecule has 0 radical (unpaired) electrons. The normalized spacial score (nSPS) is 15.6. The number of esters is 1. The molecule has 1 aliphatic heterocycles. The number of hydrogen-bond donors (Lipinski definition) is 0. The molecule has 0 N–H and O–H groups in total. The van der Waals surface area contributed by atoms with Crippen molar-refractivity contribution in [2.24, 2.45) is 0 Å². The van der Waals surface area contributed by atoms with Crippen molar-refractivity contribution in [3.05, 3.63) is 58.1 Å². The van der Waals surface area contributed by atoms with Crippen LogP contribution in [0.15, 0.2) is 47.4 Å².